The van der Waals surface area contributed by atoms with Gasteiger partial charge in [0.2, 0.25) is 5.78 Å². The van der Waals surface area contributed by atoms with Gasteiger partial charge in [-0.25, -0.2) is 0 Å². The second kappa shape index (κ2) is 18.9. The molecule has 0 spiro atoms. The molecule has 0 radical (unpaired) electrons. The maximum absolute atomic E-state index is 14.1. The Kier molecular flexibility index (Phi) is 12.9. The summed E-state index contributed by atoms with van der Waals surface area (Å²) in [4.78, 5) is 14.1. The maximum atomic E-state index is 14.1. The molecule has 0 aliphatic carbocycles. The van der Waals surface area contributed by atoms with E-state index in [1.165, 1.54) is 15.9 Å². The molecule has 0 fully saturated rings. The van der Waals surface area contributed by atoms with Gasteiger partial charge >= 0.3 is 0 Å². The molecule has 0 saturated carbocycles. The highest BCUT2D eigenvalue weighted by atomic mass is 31.2. The van der Waals surface area contributed by atoms with Crippen LogP contribution in [0.2, 0.25) is 0 Å². The average Bonchev–Trinajstić information content (AvgIpc) is 3.27. The van der Waals surface area contributed by atoms with Gasteiger partial charge in [-0.05, 0) is 71.8 Å². The summed E-state index contributed by atoms with van der Waals surface area (Å²) in [5, 5.41) is 3.75. The largest absolute Gasteiger partial charge is 0.489 e. The Morgan fingerprint density at radius 1 is 0.482 bits per heavy atom. The van der Waals surface area contributed by atoms with Gasteiger partial charge in [-0.1, -0.05) is 115 Å². The first-order valence-electron chi connectivity index (χ1n) is 18.6. The minimum Gasteiger partial charge on any atom is -0.489 e. The fourth-order valence-electron chi connectivity index (χ4n) is 6.68. The summed E-state index contributed by atoms with van der Waals surface area (Å²) in [7, 11) is -0.738. The van der Waals surface area contributed by atoms with E-state index in [-0.39, 0.29) is 25.8 Å². The molecular weight excluding hydrogens is 716 g/mol. The van der Waals surface area contributed by atoms with Gasteiger partial charge in [-0.15, -0.1) is 0 Å². The Labute approximate surface area is 329 Å². The molecule has 0 bridgehead atoms. The maximum Gasteiger partial charge on any atom is 0.203 e. The van der Waals surface area contributed by atoms with E-state index in [9.17, 15) is 4.79 Å². The van der Waals surface area contributed by atoms with E-state index in [0.717, 1.165) is 16.7 Å². The average molecular weight is 760 g/mol. The van der Waals surface area contributed by atoms with Crippen LogP contribution in [0.5, 0.6) is 23.0 Å². The zero-order valence-electron chi connectivity index (χ0n) is 31.3. The van der Waals surface area contributed by atoms with Gasteiger partial charge in [0.05, 0.1) is 5.56 Å². The van der Waals surface area contributed by atoms with Crippen molar-refractivity contribution in [1.29, 1.82) is 0 Å². The van der Waals surface area contributed by atoms with E-state index in [2.05, 4.69) is 97.1 Å². The van der Waals surface area contributed by atoms with E-state index >= 15 is 0 Å². The number of carbonyl (C=O) groups excluding carboxylic acids is 1. The number of carbonyl (C=O) groups is 1. The van der Waals surface area contributed by atoms with E-state index in [4.69, 9.17) is 23.7 Å². The van der Waals surface area contributed by atoms with Crippen molar-refractivity contribution < 1.29 is 28.5 Å². The number of benzene rings is 7. The first-order valence-corrected chi connectivity index (χ1v) is 20.5. The van der Waals surface area contributed by atoms with Crippen LogP contribution in [0.3, 0.4) is 0 Å². The summed E-state index contributed by atoms with van der Waals surface area (Å²) < 4.78 is 29.9. The third-order valence-electron chi connectivity index (χ3n) is 9.48. The quantitative estimate of drug-likeness (QED) is 0.0494. The summed E-state index contributed by atoms with van der Waals surface area (Å²) in [6, 6.07) is 63.2. The molecule has 0 amide bonds. The van der Waals surface area contributed by atoms with Crippen LogP contribution in [-0.2, 0) is 24.1 Å². The van der Waals surface area contributed by atoms with Gasteiger partial charge in [0.25, 0.3) is 0 Å². The third kappa shape index (κ3) is 9.35. The fourth-order valence-corrected chi connectivity index (χ4v) is 10.9. The number of methoxy groups -OCH3 is 1. The number of hydrogen-bond donors (Lipinski definition) is 0. The number of rotatable bonds is 18. The molecule has 0 aromatic heterocycles. The Bertz CT molecular complexity index is 2190. The van der Waals surface area contributed by atoms with Crippen molar-refractivity contribution in [2.24, 2.45) is 0 Å². The van der Waals surface area contributed by atoms with E-state index < -0.39 is 7.26 Å². The normalized spacial score (nSPS) is 11.1. The summed E-state index contributed by atoms with van der Waals surface area (Å²) in [5.41, 5.74) is 3.39. The first kappa shape index (κ1) is 38.1. The van der Waals surface area contributed by atoms with Crippen LogP contribution in [0.1, 0.15) is 27.0 Å². The van der Waals surface area contributed by atoms with Crippen molar-refractivity contribution >= 4 is 29.0 Å². The summed E-state index contributed by atoms with van der Waals surface area (Å²) in [6.45, 7) is 0.527. The van der Waals surface area contributed by atoms with Crippen LogP contribution in [0, 0.1) is 0 Å². The lowest BCUT2D eigenvalue weighted by molar-refractivity contribution is 0.0509. The zero-order valence-corrected chi connectivity index (χ0v) is 32.2. The lowest BCUT2D eigenvalue weighted by Gasteiger charge is -2.28. The molecule has 56 heavy (non-hydrogen) atoms. The highest BCUT2D eigenvalue weighted by Gasteiger charge is 2.46. The van der Waals surface area contributed by atoms with Gasteiger partial charge in [-0.3, -0.25) is 4.79 Å². The molecule has 0 saturated heterocycles. The highest BCUT2D eigenvalue weighted by molar-refractivity contribution is 7.95. The molecule has 0 unspecified atom stereocenters. The Hall–Kier alpha value is -6.20. The van der Waals surface area contributed by atoms with Crippen LogP contribution in [0.4, 0.5) is 0 Å². The number of ketones is 1. The molecule has 7 heteroatoms. The van der Waals surface area contributed by atoms with Gasteiger partial charge < -0.3 is 23.7 Å². The lowest BCUT2D eigenvalue weighted by Crippen LogP contribution is -2.32. The predicted octanol–water partition coefficient (Wildman–Crippen LogP) is 9.58. The molecule has 0 aliphatic rings. The number of Topliss-reactive ketones (excluding diaryl/α,β-unsaturated/α-hetero) is 1. The SMILES string of the molecule is COCOc1ccc(C(=O)COc2cc(OCc3ccccc3)ccc2C[P+](c2ccccc2)(c2ccccc2)c2ccccc2)c(OCc2ccccc2)c1. The highest BCUT2D eigenvalue weighted by Crippen LogP contribution is 2.59. The van der Waals surface area contributed by atoms with Crippen molar-refractivity contribution in [1.82, 2.24) is 0 Å². The number of hydrogen-bond acceptors (Lipinski definition) is 6. The predicted molar refractivity (Wildman–Crippen MR) is 226 cm³/mol. The molecular formula is C49H44O6P+. The van der Waals surface area contributed by atoms with Crippen molar-refractivity contribution in [2.45, 2.75) is 19.4 Å². The molecule has 6 nitrogen and oxygen atoms in total. The van der Waals surface area contributed by atoms with Crippen molar-refractivity contribution in [3.8, 4) is 23.0 Å². The Morgan fingerprint density at radius 2 is 0.946 bits per heavy atom. The van der Waals surface area contributed by atoms with Crippen LogP contribution in [0.25, 0.3) is 0 Å². The monoisotopic (exact) mass is 759 g/mol. The van der Waals surface area contributed by atoms with Gasteiger partial charge in [0, 0.05) is 24.8 Å². The lowest BCUT2D eigenvalue weighted by atomic mass is 10.1. The van der Waals surface area contributed by atoms with Crippen molar-refractivity contribution in [3.05, 3.63) is 210 Å². The summed E-state index contributed by atoms with van der Waals surface area (Å²) >= 11 is 0. The molecule has 7 aromatic carbocycles. The van der Waals surface area contributed by atoms with Gasteiger partial charge in [-0.2, -0.15) is 0 Å². The molecule has 280 valence electrons. The molecule has 0 N–H and O–H groups in total. The standard InChI is InChI=1S/C49H44O6P/c1-51-37-55-42-29-30-46(49(32-42)53-34-39-19-9-3-10-20-39)47(50)35-54-48-31-41(52-33-38-17-7-2-8-18-38)28-27-40(48)36-56(43-21-11-4-12-22-43,44-23-13-5-14-24-44)45-25-15-6-16-26-45/h2-32H,33-37H2,1H3/q+1. The number of ether oxygens (including phenoxy) is 5. The van der Waals surface area contributed by atoms with Crippen LogP contribution < -0.4 is 34.9 Å². The molecule has 7 rings (SSSR count). The van der Waals surface area contributed by atoms with Gasteiger partial charge in [0.15, 0.2) is 13.4 Å². The topological polar surface area (TPSA) is 63.2 Å². The fraction of sp³-hybridized carbons (Fsp3) is 0.122. The van der Waals surface area contributed by atoms with Crippen LogP contribution in [-0.4, -0.2) is 26.3 Å². The first-order chi connectivity index (χ1) is 27.6. The smallest absolute Gasteiger partial charge is 0.203 e. The minimum absolute atomic E-state index is 0.0685. The zero-order chi connectivity index (χ0) is 38.4. The second-order valence-corrected chi connectivity index (χ2v) is 16.7. The van der Waals surface area contributed by atoms with Gasteiger partial charge in [0.1, 0.15) is 65.5 Å². The second-order valence-electron chi connectivity index (χ2n) is 13.2. The minimum atomic E-state index is -2.30. The van der Waals surface area contributed by atoms with Crippen LogP contribution >= 0.6 is 7.26 Å². The summed E-state index contributed by atoms with van der Waals surface area (Å²) in [5.74, 6) is 1.93. The Balaban J connectivity index is 1.25. The van der Waals surface area contributed by atoms with Crippen LogP contribution in [0.15, 0.2) is 188 Å². The van der Waals surface area contributed by atoms with Crippen molar-refractivity contribution in [3.63, 3.8) is 0 Å². The molecule has 7 aromatic rings. The molecule has 0 heterocycles. The van der Waals surface area contributed by atoms with E-state index in [1.54, 1.807) is 25.3 Å². The molecule has 0 atom stereocenters. The Morgan fingerprint density at radius 3 is 1.48 bits per heavy atom. The van der Waals surface area contributed by atoms with E-state index in [1.807, 2.05) is 72.8 Å². The third-order valence-corrected chi connectivity index (χ3v) is 13.8. The van der Waals surface area contributed by atoms with Crippen molar-refractivity contribution in [2.75, 3.05) is 20.5 Å². The van der Waals surface area contributed by atoms with E-state index in [0.29, 0.717) is 41.3 Å². The molecule has 0 aliphatic heterocycles. The summed E-state index contributed by atoms with van der Waals surface area (Å²) in [6.07, 6.45) is 0.657.